The number of carboxylic acid groups (broad SMARTS) is 3. The van der Waals surface area contributed by atoms with Gasteiger partial charge in [-0.2, -0.15) is 0 Å². The molecule has 0 aliphatic carbocycles. The van der Waals surface area contributed by atoms with Crippen molar-refractivity contribution in [1.82, 2.24) is 10.6 Å². The van der Waals surface area contributed by atoms with Crippen LogP contribution in [0, 0.1) is 11.8 Å². The van der Waals surface area contributed by atoms with E-state index in [9.17, 15) is 33.9 Å². The predicted octanol–water partition coefficient (Wildman–Crippen LogP) is 8.50. The first-order chi connectivity index (χ1) is 28.5. The molecule has 4 aromatic rings. The maximum atomic E-state index is 12.2. The Morgan fingerprint density at radius 2 is 0.967 bits per heavy atom. The number of aliphatic carboxylic acids is 3. The van der Waals surface area contributed by atoms with Crippen LogP contribution in [0.5, 0.6) is 0 Å². The van der Waals surface area contributed by atoms with E-state index >= 15 is 0 Å². The van der Waals surface area contributed by atoms with E-state index in [0.717, 1.165) is 33.4 Å². The highest BCUT2D eigenvalue weighted by molar-refractivity contribution is 6.31. The Labute approximate surface area is 360 Å². The fourth-order valence-corrected chi connectivity index (χ4v) is 6.71. The molecule has 0 unspecified atom stereocenters. The number of benzene rings is 4. The van der Waals surface area contributed by atoms with Crippen molar-refractivity contribution < 1.29 is 48.8 Å². The summed E-state index contributed by atoms with van der Waals surface area (Å²) >= 11 is 12.1. The van der Waals surface area contributed by atoms with Gasteiger partial charge in [-0.05, 0) is 90.3 Å². The second kappa shape index (κ2) is 25.0. The van der Waals surface area contributed by atoms with Crippen LogP contribution in [0.25, 0.3) is 22.3 Å². The Bertz CT molecular complexity index is 2060. The summed E-state index contributed by atoms with van der Waals surface area (Å²) in [6, 6.07) is 30.0. The minimum atomic E-state index is -1.05. The first kappa shape index (κ1) is 48.6. The van der Waals surface area contributed by atoms with Gasteiger partial charge in [-0.25, -0.2) is 0 Å². The molecule has 4 aromatic carbocycles. The van der Waals surface area contributed by atoms with Crippen molar-refractivity contribution in [3.63, 3.8) is 0 Å². The molecule has 0 fully saturated rings. The molecule has 0 saturated carbocycles. The quantitative estimate of drug-likeness (QED) is 0.0507. The van der Waals surface area contributed by atoms with Crippen LogP contribution in [0.3, 0.4) is 0 Å². The molecule has 12 nitrogen and oxygen atoms in total. The second-order valence-corrected chi connectivity index (χ2v) is 15.4. The summed E-state index contributed by atoms with van der Waals surface area (Å²) in [4.78, 5) is 68.9. The monoisotopic (exact) mass is 862 g/mol. The lowest BCUT2D eigenvalue weighted by molar-refractivity contribution is -0.148. The Balaban J connectivity index is 0.000000321. The third kappa shape index (κ3) is 18.0. The molecule has 0 heterocycles. The summed E-state index contributed by atoms with van der Waals surface area (Å²) in [6.07, 6.45) is 0.874. The Hall–Kier alpha value is -5.72. The van der Waals surface area contributed by atoms with Gasteiger partial charge in [0.15, 0.2) is 0 Å². The van der Waals surface area contributed by atoms with Crippen molar-refractivity contribution in [2.24, 2.45) is 11.8 Å². The van der Waals surface area contributed by atoms with E-state index in [0.29, 0.717) is 35.9 Å². The van der Waals surface area contributed by atoms with Crippen molar-refractivity contribution in [3.8, 4) is 22.3 Å². The van der Waals surface area contributed by atoms with Crippen LogP contribution < -0.4 is 10.6 Å². The summed E-state index contributed by atoms with van der Waals surface area (Å²) in [7, 11) is 0. The fourth-order valence-electron chi connectivity index (χ4n) is 6.33. The third-order valence-electron chi connectivity index (χ3n) is 9.44. The number of hydrogen-bond acceptors (Lipinski definition) is 7. The van der Waals surface area contributed by atoms with Crippen LogP contribution >= 0.6 is 23.2 Å². The second-order valence-electron chi connectivity index (χ2n) is 14.5. The molecule has 5 N–H and O–H groups in total. The average molecular weight is 864 g/mol. The third-order valence-corrected chi connectivity index (χ3v) is 9.91. The topological polar surface area (TPSA) is 196 Å². The molecule has 0 aromatic heterocycles. The Morgan fingerprint density at radius 1 is 0.567 bits per heavy atom. The van der Waals surface area contributed by atoms with Crippen molar-refractivity contribution in [1.29, 1.82) is 0 Å². The van der Waals surface area contributed by atoms with E-state index < -0.39 is 41.7 Å². The zero-order valence-corrected chi connectivity index (χ0v) is 35.4. The fraction of sp³-hybridized carbons (Fsp3) is 0.348. The molecule has 60 heavy (non-hydrogen) atoms. The predicted molar refractivity (Wildman–Crippen MR) is 231 cm³/mol. The largest absolute Gasteiger partial charge is 0.481 e. The van der Waals surface area contributed by atoms with Crippen molar-refractivity contribution in [3.05, 3.63) is 118 Å². The van der Waals surface area contributed by atoms with Gasteiger partial charge in [0.1, 0.15) is 0 Å². The molecule has 4 atom stereocenters. The lowest BCUT2D eigenvalue weighted by Crippen LogP contribution is -2.39. The van der Waals surface area contributed by atoms with Crippen LogP contribution in [0.2, 0.25) is 10.0 Å². The highest BCUT2D eigenvalue weighted by Gasteiger charge is 2.23. The van der Waals surface area contributed by atoms with Gasteiger partial charge in [0.2, 0.25) is 11.8 Å². The van der Waals surface area contributed by atoms with Crippen LogP contribution in [-0.2, 0) is 46.3 Å². The molecule has 0 aliphatic heterocycles. The first-order valence-corrected chi connectivity index (χ1v) is 20.4. The van der Waals surface area contributed by atoms with E-state index in [4.69, 9.17) is 38.2 Å². The Morgan fingerprint density at radius 3 is 1.32 bits per heavy atom. The molecular weight excluding hydrogens is 811 g/mol. The summed E-state index contributed by atoms with van der Waals surface area (Å²) in [6.45, 7) is 5.39. The molecule has 320 valence electrons. The lowest BCUT2D eigenvalue weighted by atomic mass is 9.94. The van der Waals surface area contributed by atoms with Crippen LogP contribution in [0.1, 0.15) is 70.4 Å². The maximum absolute atomic E-state index is 12.2. The van der Waals surface area contributed by atoms with Gasteiger partial charge in [0.05, 0.1) is 31.3 Å². The minimum absolute atomic E-state index is 0.104. The number of halogens is 2. The number of carbonyl (C=O) groups excluding carboxylic acids is 3. The van der Waals surface area contributed by atoms with Gasteiger partial charge in [-0.3, -0.25) is 28.8 Å². The number of carbonyl (C=O) groups is 6. The van der Waals surface area contributed by atoms with E-state index in [2.05, 4.69) is 10.6 Å². The van der Waals surface area contributed by atoms with Crippen molar-refractivity contribution >= 4 is 58.9 Å². The van der Waals surface area contributed by atoms with E-state index in [1.807, 2.05) is 91.0 Å². The molecule has 0 spiro atoms. The standard InChI is InChI=1S/C24H28ClNO5.C22H24ClNO5/c1-3-31-24(30)16(2)13-21(26-22(27)11-12-23(28)29)14-17-7-9-18(10-8-17)19-5-4-6-20(25)15-19;1-14(22(28)29)11-19(24-20(25)9-10-21(26)27)12-15-5-7-16(8-6-15)17-3-2-4-18(23)13-17/h4-10,15-16,21H,3,11-14H2,1-2H3,(H,26,27)(H,28,29);2-8,13-14,19H,9-12H2,1H3,(H,24,25)(H,26,27)(H,28,29)/t16-,21-;14-,19-/m00/s1. The number of rotatable bonds is 21. The molecule has 0 aliphatic rings. The number of ether oxygens (including phenoxy) is 1. The van der Waals surface area contributed by atoms with Gasteiger partial charge in [-0.1, -0.05) is 110 Å². The highest BCUT2D eigenvalue weighted by Crippen LogP contribution is 2.25. The van der Waals surface area contributed by atoms with Gasteiger partial charge in [0.25, 0.3) is 0 Å². The zero-order valence-electron chi connectivity index (χ0n) is 33.9. The van der Waals surface area contributed by atoms with E-state index in [1.54, 1.807) is 26.8 Å². The average Bonchev–Trinajstić information content (AvgIpc) is 3.20. The van der Waals surface area contributed by atoms with Gasteiger partial charge >= 0.3 is 23.9 Å². The molecule has 0 radical (unpaired) electrons. The number of hydrogen-bond donors (Lipinski definition) is 5. The zero-order chi connectivity index (χ0) is 44.2. The molecule has 14 heteroatoms. The number of carboxylic acids is 3. The van der Waals surface area contributed by atoms with Crippen molar-refractivity contribution in [2.75, 3.05) is 6.61 Å². The van der Waals surface area contributed by atoms with Gasteiger partial charge in [-0.15, -0.1) is 0 Å². The van der Waals surface area contributed by atoms with Crippen LogP contribution in [-0.4, -0.2) is 69.7 Å². The summed E-state index contributed by atoms with van der Waals surface area (Å²) in [5.74, 6) is -5.10. The molecular formula is C46H52Cl2N2O10. The summed E-state index contributed by atoms with van der Waals surface area (Å²) in [5, 5.41) is 33.7. The smallest absolute Gasteiger partial charge is 0.308 e. The Kier molecular flexibility index (Phi) is 20.3. The van der Waals surface area contributed by atoms with Gasteiger partial charge < -0.3 is 30.7 Å². The van der Waals surface area contributed by atoms with Crippen LogP contribution in [0.15, 0.2) is 97.1 Å². The maximum Gasteiger partial charge on any atom is 0.308 e. The molecule has 4 rings (SSSR count). The van der Waals surface area contributed by atoms with Crippen LogP contribution in [0.4, 0.5) is 0 Å². The first-order valence-electron chi connectivity index (χ1n) is 19.6. The number of esters is 1. The van der Waals surface area contributed by atoms with Crippen molar-refractivity contribution in [2.45, 2.75) is 84.2 Å². The summed E-state index contributed by atoms with van der Waals surface area (Å²) in [5.41, 5.74) is 5.95. The highest BCUT2D eigenvalue weighted by atomic mass is 35.5. The number of nitrogens with one attached hydrogen (secondary N) is 2. The molecule has 0 bridgehead atoms. The normalized spacial score (nSPS) is 12.7. The number of amides is 2. The summed E-state index contributed by atoms with van der Waals surface area (Å²) < 4.78 is 5.07. The lowest BCUT2D eigenvalue weighted by Gasteiger charge is -2.22. The molecule has 0 saturated heterocycles. The minimum Gasteiger partial charge on any atom is -0.481 e. The van der Waals surface area contributed by atoms with E-state index in [1.165, 1.54) is 0 Å². The SMILES string of the molecule is CCOC(=O)[C@@H](C)C[C@@H](Cc1ccc(-c2cccc(Cl)c2)cc1)NC(=O)CCC(=O)O.C[C@@H](C[C@@H](Cc1ccc(-c2cccc(Cl)c2)cc1)NC(=O)CCC(=O)O)C(=O)O. The molecule has 2 amide bonds. The van der Waals surface area contributed by atoms with E-state index in [-0.39, 0.29) is 50.0 Å². The van der Waals surface area contributed by atoms with Gasteiger partial charge in [0, 0.05) is 35.0 Å².